The summed E-state index contributed by atoms with van der Waals surface area (Å²) in [7, 11) is 4.00. The third kappa shape index (κ3) is 7.23. The van der Waals surface area contributed by atoms with E-state index in [0.29, 0.717) is 6.42 Å². The Kier molecular flexibility index (Phi) is 6.34. The molecule has 1 aromatic carbocycles. The summed E-state index contributed by atoms with van der Waals surface area (Å²) < 4.78 is 13.1. The number of carbonyl (C=O) groups excluding carboxylic acids is 1. The molecule has 0 saturated heterocycles. The Labute approximate surface area is 127 Å². The molecule has 1 amide bonds. The topological polar surface area (TPSA) is 32.3 Å². The van der Waals surface area contributed by atoms with Gasteiger partial charge >= 0.3 is 0 Å². The van der Waals surface area contributed by atoms with Crippen molar-refractivity contribution >= 4 is 5.91 Å². The molecule has 1 N–H and O–H groups in total. The zero-order chi connectivity index (χ0) is 16.0. The summed E-state index contributed by atoms with van der Waals surface area (Å²) in [4.78, 5) is 14.2. The second kappa shape index (κ2) is 7.55. The Morgan fingerprint density at radius 1 is 1.24 bits per heavy atom. The molecule has 0 bridgehead atoms. The lowest BCUT2D eigenvalue weighted by atomic mass is 9.91. The van der Waals surface area contributed by atoms with E-state index in [9.17, 15) is 9.18 Å². The predicted molar refractivity (Wildman–Crippen MR) is 84.5 cm³/mol. The molecule has 0 aliphatic carbocycles. The molecule has 1 rings (SSSR count). The van der Waals surface area contributed by atoms with Crippen LogP contribution >= 0.6 is 0 Å². The molecule has 3 nitrogen and oxygen atoms in total. The summed E-state index contributed by atoms with van der Waals surface area (Å²) >= 11 is 0. The Morgan fingerprint density at radius 2 is 1.81 bits per heavy atom. The quantitative estimate of drug-likeness (QED) is 0.872. The smallest absolute Gasteiger partial charge is 0.221 e. The van der Waals surface area contributed by atoms with Gasteiger partial charge in [-0.1, -0.05) is 32.9 Å². The molecule has 0 spiro atoms. The highest BCUT2D eigenvalue weighted by Crippen LogP contribution is 2.21. The molecule has 21 heavy (non-hydrogen) atoms. The van der Waals surface area contributed by atoms with Gasteiger partial charge in [-0.25, -0.2) is 4.39 Å². The summed E-state index contributed by atoms with van der Waals surface area (Å²) in [6, 6.07) is 6.28. The van der Waals surface area contributed by atoms with Crippen molar-refractivity contribution in [3.05, 3.63) is 35.6 Å². The number of amides is 1. The van der Waals surface area contributed by atoms with Crippen molar-refractivity contribution in [2.24, 2.45) is 5.41 Å². The Balaban J connectivity index is 2.77. The highest BCUT2D eigenvalue weighted by molar-refractivity contribution is 5.77. The van der Waals surface area contributed by atoms with Crippen LogP contribution in [-0.2, 0) is 4.79 Å². The standard InChI is InChI=1S/C17H27FN2O/c1-17(2,3)12-16(21)19-15(10-11-20(4)5)13-6-8-14(18)9-7-13/h6-9,15H,10-12H2,1-5H3,(H,19,21). The van der Waals surface area contributed by atoms with Gasteiger partial charge in [0.15, 0.2) is 0 Å². The van der Waals surface area contributed by atoms with E-state index < -0.39 is 0 Å². The maximum Gasteiger partial charge on any atom is 0.221 e. The summed E-state index contributed by atoms with van der Waals surface area (Å²) in [6.07, 6.45) is 1.28. The third-order valence-corrected chi connectivity index (χ3v) is 3.16. The Bertz CT molecular complexity index is 449. The van der Waals surface area contributed by atoms with Gasteiger partial charge in [0, 0.05) is 6.42 Å². The second-order valence-corrected chi connectivity index (χ2v) is 7.00. The zero-order valence-corrected chi connectivity index (χ0v) is 13.7. The van der Waals surface area contributed by atoms with Crippen LogP contribution in [0, 0.1) is 11.2 Å². The van der Waals surface area contributed by atoms with Crippen LogP contribution in [-0.4, -0.2) is 31.4 Å². The molecule has 0 heterocycles. The maximum absolute atomic E-state index is 13.1. The van der Waals surface area contributed by atoms with Crippen molar-refractivity contribution in [3.63, 3.8) is 0 Å². The van der Waals surface area contributed by atoms with Crippen molar-refractivity contribution in [1.82, 2.24) is 10.2 Å². The lowest BCUT2D eigenvalue weighted by Crippen LogP contribution is -2.33. The highest BCUT2D eigenvalue weighted by atomic mass is 19.1. The monoisotopic (exact) mass is 294 g/mol. The minimum absolute atomic E-state index is 0.0376. The van der Waals surface area contributed by atoms with Gasteiger partial charge in [-0.2, -0.15) is 0 Å². The number of rotatable bonds is 6. The lowest BCUT2D eigenvalue weighted by Gasteiger charge is -2.24. The van der Waals surface area contributed by atoms with Crippen LogP contribution in [0.25, 0.3) is 0 Å². The van der Waals surface area contributed by atoms with Gasteiger partial charge in [0.1, 0.15) is 5.82 Å². The largest absolute Gasteiger partial charge is 0.349 e. The van der Waals surface area contributed by atoms with E-state index in [-0.39, 0.29) is 23.2 Å². The zero-order valence-electron chi connectivity index (χ0n) is 13.7. The van der Waals surface area contributed by atoms with Gasteiger partial charge in [0.05, 0.1) is 6.04 Å². The molecule has 118 valence electrons. The molecule has 1 atom stereocenters. The van der Waals surface area contributed by atoms with Crippen molar-refractivity contribution in [1.29, 1.82) is 0 Å². The lowest BCUT2D eigenvalue weighted by molar-refractivity contribution is -0.123. The summed E-state index contributed by atoms with van der Waals surface area (Å²) in [5.41, 5.74) is 0.902. The molecule has 0 aromatic heterocycles. The SMILES string of the molecule is CN(C)CCC(NC(=O)CC(C)(C)C)c1ccc(F)cc1. The molecule has 0 aliphatic rings. The van der Waals surface area contributed by atoms with Gasteiger partial charge in [0.2, 0.25) is 5.91 Å². The Hall–Kier alpha value is -1.42. The fraction of sp³-hybridized carbons (Fsp3) is 0.588. The van der Waals surface area contributed by atoms with E-state index in [1.54, 1.807) is 12.1 Å². The van der Waals surface area contributed by atoms with Gasteiger partial charge in [-0.05, 0) is 50.2 Å². The fourth-order valence-electron chi connectivity index (χ4n) is 2.13. The average Bonchev–Trinajstić information content (AvgIpc) is 2.33. The van der Waals surface area contributed by atoms with E-state index in [0.717, 1.165) is 18.5 Å². The first-order chi connectivity index (χ1) is 9.67. The minimum atomic E-state index is -0.258. The first-order valence-corrected chi connectivity index (χ1v) is 7.37. The molecule has 0 radical (unpaired) electrons. The molecular formula is C17H27FN2O. The van der Waals surface area contributed by atoms with Crippen molar-refractivity contribution in [2.45, 2.75) is 39.7 Å². The second-order valence-electron chi connectivity index (χ2n) is 7.00. The van der Waals surface area contributed by atoms with Crippen LogP contribution in [0.15, 0.2) is 24.3 Å². The first-order valence-electron chi connectivity index (χ1n) is 7.37. The van der Waals surface area contributed by atoms with Crippen LogP contribution in [0.3, 0.4) is 0 Å². The number of nitrogens with one attached hydrogen (secondary N) is 1. The molecular weight excluding hydrogens is 267 g/mol. The number of hydrogen-bond donors (Lipinski definition) is 1. The fourth-order valence-corrected chi connectivity index (χ4v) is 2.13. The predicted octanol–water partition coefficient (Wildman–Crippen LogP) is 3.37. The van der Waals surface area contributed by atoms with E-state index in [2.05, 4.69) is 10.2 Å². The van der Waals surface area contributed by atoms with Gasteiger partial charge in [-0.3, -0.25) is 4.79 Å². The van der Waals surface area contributed by atoms with Crippen molar-refractivity contribution in [2.75, 3.05) is 20.6 Å². The highest BCUT2D eigenvalue weighted by Gasteiger charge is 2.20. The van der Waals surface area contributed by atoms with Crippen LogP contribution in [0.1, 0.15) is 45.2 Å². The van der Waals surface area contributed by atoms with E-state index in [4.69, 9.17) is 0 Å². The molecule has 4 heteroatoms. The number of hydrogen-bond acceptors (Lipinski definition) is 2. The maximum atomic E-state index is 13.1. The first kappa shape index (κ1) is 17.6. The molecule has 1 aromatic rings. The van der Waals surface area contributed by atoms with Crippen molar-refractivity contribution in [3.8, 4) is 0 Å². The van der Waals surface area contributed by atoms with Gasteiger partial charge < -0.3 is 10.2 Å². The van der Waals surface area contributed by atoms with Crippen LogP contribution < -0.4 is 5.32 Å². The average molecular weight is 294 g/mol. The summed E-state index contributed by atoms with van der Waals surface area (Å²) in [5, 5.41) is 3.08. The minimum Gasteiger partial charge on any atom is -0.349 e. The number of benzene rings is 1. The molecule has 0 fully saturated rings. The number of nitrogens with zero attached hydrogens (tertiary/aromatic N) is 1. The Morgan fingerprint density at radius 3 is 2.29 bits per heavy atom. The van der Waals surface area contributed by atoms with E-state index in [1.165, 1.54) is 12.1 Å². The number of halogens is 1. The summed E-state index contributed by atoms with van der Waals surface area (Å²) in [5.74, 6) is -0.221. The summed E-state index contributed by atoms with van der Waals surface area (Å²) in [6.45, 7) is 6.98. The van der Waals surface area contributed by atoms with Crippen LogP contribution in [0.5, 0.6) is 0 Å². The third-order valence-electron chi connectivity index (χ3n) is 3.16. The molecule has 1 unspecified atom stereocenters. The van der Waals surface area contributed by atoms with Crippen LogP contribution in [0.4, 0.5) is 4.39 Å². The van der Waals surface area contributed by atoms with Gasteiger partial charge in [-0.15, -0.1) is 0 Å². The van der Waals surface area contributed by atoms with E-state index in [1.807, 2.05) is 34.9 Å². The normalized spacial score (nSPS) is 13.3. The molecule has 0 saturated carbocycles. The number of carbonyl (C=O) groups is 1. The van der Waals surface area contributed by atoms with Gasteiger partial charge in [0.25, 0.3) is 0 Å². The van der Waals surface area contributed by atoms with Crippen molar-refractivity contribution < 1.29 is 9.18 Å². The van der Waals surface area contributed by atoms with Crippen LogP contribution in [0.2, 0.25) is 0 Å². The van der Waals surface area contributed by atoms with E-state index >= 15 is 0 Å². The molecule has 0 aliphatic heterocycles.